The predicted molar refractivity (Wildman–Crippen MR) is 70.3 cm³/mol. The van der Waals surface area contributed by atoms with Crippen molar-refractivity contribution in [2.75, 3.05) is 34.3 Å². The maximum Gasteiger partial charge on any atom is 0.119 e. The lowest BCUT2D eigenvalue weighted by molar-refractivity contribution is 0.184. The van der Waals surface area contributed by atoms with Crippen LogP contribution in [0.1, 0.15) is 10.7 Å². The Morgan fingerprint density at radius 3 is 2.94 bits per heavy atom. The van der Waals surface area contributed by atoms with E-state index >= 15 is 0 Å². The molecule has 0 amide bonds. The molecule has 0 spiro atoms. The van der Waals surface area contributed by atoms with Crippen LogP contribution in [0, 0.1) is 0 Å². The van der Waals surface area contributed by atoms with Gasteiger partial charge in [-0.05, 0) is 14.1 Å². The van der Waals surface area contributed by atoms with Gasteiger partial charge in [-0.25, -0.2) is 4.98 Å². The summed E-state index contributed by atoms with van der Waals surface area (Å²) in [6.45, 7) is 3.56. The van der Waals surface area contributed by atoms with Crippen LogP contribution < -0.4 is 5.32 Å². The van der Waals surface area contributed by atoms with E-state index in [0.29, 0.717) is 6.61 Å². The van der Waals surface area contributed by atoms with E-state index in [-0.39, 0.29) is 12.4 Å². The van der Waals surface area contributed by atoms with Crippen molar-refractivity contribution in [3.63, 3.8) is 0 Å². The Morgan fingerprint density at radius 1 is 1.56 bits per heavy atom. The molecular weight excluding hydrogens is 246 g/mol. The smallest absolute Gasteiger partial charge is 0.119 e. The number of rotatable bonds is 7. The van der Waals surface area contributed by atoms with Gasteiger partial charge >= 0.3 is 0 Å². The molecule has 0 aliphatic heterocycles. The molecule has 0 aliphatic rings. The van der Waals surface area contributed by atoms with E-state index in [9.17, 15) is 0 Å². The molecule has 4 nitrogen and oxygen atoms in total. The Morgan fingerprint density at radius 2 is 2.31 bits per heavy atom. The van der Waals surface area contributed by atoms with Crippen LogP contribution in [-0.2, 0) is 17.9 Å². The van der Waals surface area contributed by atoms with E-state index in [1.54, 1.807) is 18.4 Å². The van der Waals surface area contributed by atoms with Crippen LogP contribution in [0.2, 0.25) is 0 Å². The number of thiazole rings is 1. The van der Waals surface area contributed by atoms with E-state index in [0.717, 1.165) is 30.3 Å². The molecule has 0 fully saturated rings. The van der Waals surface area contributed by atoms with Crippen molar-refractivity contribution in [2.24, 2.45) is 0 Å². The first-order chi connectivity index (χ1) is 7.26. The molecule has 94 valence electrons. The van der Waals surface area contributed by atoms with Gasteiger partial charge in [0.05, 0.1) is 12.3 Å². The van der Waals surface area contributed by atoms with Gasteiger partial charge in [0.15, 0.2) is 0 Å². The second-order valence-electron chi connectivity index (χ2n) is 3.51. The third-order valence-corrected chi connectivity index (χ3v) is 2.91. The van der Waals surface area contributed by atoms with Gasteiger partial charge in [-0.15, -0.1) is 23.7 Å². The summed E-state index contributed by atoms with van der Waals surface area (Å²) in [6, 6.07) is 0. The number of halogens is 1. The fourth-order valence-electron chi connectivity index (χ4n) is 1.27. The molecule has 0 saturated heterocycles. The highest BCUT2D eigenvalue weighted by Gasteiger charge is 2.04. The van der Waals surface area contributed by atoms with Gasteiger partial charge in [-0.1, -0.05) is 0 Å². The van der Waals surface area contributed by atoms with Crippen LogP contribution in [0.25, 0.3) is 0 Å². The maximum atomic E-state index is 5.04. The number of ether oxygens (including phenoxy) is 1. The zero-order chi connectivity index (χ0) is 11.1. The summed E-state index contributed by atoms with van der Waals surface area (Å²) in [5.41, 5.74) is 1.13. The van der Waals surface area contributed by atoms with Crippen LogP contribution in [-0.4, -0.2) is 44.2 Å². The Hall–Kier alpha value is -0.200. The molecule has 0 aliphatic carbocycles. The van der Waals surface area contributed by atoms with Crippen molar-refractivity contribution >= 4 is 23.7 Å². The molecule has 0 radical (unpaired) electrons. The summed E-state index contributed by atoms with van der Waals surface area (Å²) in [5.74, 6) is 0. The lowest BCUT2D eigenvalue weighted by atomic mass is 10.4. The average Bonchev–Trinajstić information content (AvgIpc) is 2.63. The van der Waals surface area contributed by atoms with Crippen molar-refractivity contribution < 1.29 is 4.74 Å². The summed E-state index contributed by atoms with van der Waals surface area (Å²) >= 11 is 1.66. The van der Waals surface area contributed by atoms with E-state index in [1.165, 1.54) is 0 Å². The van der Waals surface area contributed by atoms with Gasteiger partial charge in [0.25, 0.3) is 0 Å². The van der Waals surface area contributed by atoms with E-state index in [4.69, 9.17) is 4.74 Å². The number of nitrogens with one attached hydrogen (secondary N) is 1. The molecule has 1 heterocycles. The highest BCUT2D eigenvalue weighted by atomic mass is 35.5. The van der Waals surface area contributed by atoms with Crippen molar-refractivity contribution in [2.45, 2.75) is 13.2 Å². The van der Waals surface area contributed by atoms with Crippen LogP contribution in [0.4, 0.5) is 0 Å². The van der Waals surface area contributed by atoms with Crippen LogP contribution >= 0.6 is 23.7 Å². The summed E-state index contributed by atoms with van der Waals surface area (Å²) in [7, 11) is 5.76. The first-order valence-corrected chi connectivity index (χ1v) is 5.89. The summed E-state index contributed by atoms with van der Waals surface area (Å²) in [5, 5.41) is 6.28. The van der Waals surface area contributed by atoms with E-state index < -0.39 is 0 Å². The second kappa shape index (κ2) is 8.90. The first kappa shape index (κ1) is 15.8. The fraction of sp³-hybridized carbons (Fsp3) is 0.700. The Kier molecular flexibility index (Phi) is 8.78. The third kappa shape index (κ3) is 5.77. The second-order valence-corrected chi connectivity index (χ2v) is 4.45. The largest absolute Gasteiger partial charge is 0.378 e. The van der Waals surface area contributed by atoms with Gasteiger partial charge < -0.3 is 10.1 Å². The first-order valence-electron chi connectivity index (χ1n) is 5.01. The van der Waals surface area contributed by atoms with Crippen LogP contribution in [0.5, 0.6) is 0 Å². The monoisotopic (exact) mass is 265 g/mol. The topological polar surface area (TPSA) is 37.4 Å². The standard InChI is InChI=1S/C10H19N3OS.ClH/c1-11-4-5-13(2)6-9-8-15-10(12-9)7-14-3;/h8,11H,4-7H2,1-3H3;1H. The van der Waals surface area contributed by atoms with Gasteiger partial charge in [-0.3, -0.25) is 4.90 Å². The Bertz CT molecular complexity index is 283. The van der Waals surface area contributed by atoms with E-state index in [1.807, 2.05) is 7.05 Å². The van der Waals surface area contributed by atoms with Crippen LogP contribution in [0.3, 0.4) is 0 Å². The van der Waals surface area contributed by atoms with Crippen molar-refractivity contribution in [1.82, 2.24) is 15.2 Å². The lowest BCUT2D eigenvalue weighted by Gasteiger charge is -2.14. The molecule has 0 aromatic carbocycles. The number of likely N-dealkylation sites (N-methyl/N-ethyl adjacent to an activating group) is 2. The minimum Gasteiger partial charge on any atom is -0.378 e. The van der Waals surface area contributed by atoms with Crippen LogP contribution in [0.15, 0.2) is 5.38 Å². The molecule has 16 heavy (non-hydrogen) atoms. The highest BCUT2D eigenvalue weighted by molar-refractivity contribution is 7.09. The molecule has 1 aromatic rings. The molecule has 0 atom stereocenters. The summed E-state index contributed by atoms with van der Waals surface area (Å²) < 4.78 is 5.04. The Labute approximate surface area is 107 Å². The Balaban J connectivity index is 0.00000225. The maximum absolute atomic E-state index is 5.04. The van der Waals surface area contributed by atoms with E-state index in [2.05, 4.69) is 27.6 Å². The number of hydrogen-bond donors (Lipinski definition) is 1. The SMILES string of the molecule is CNCCN(C)Cc1csc(COC)n1.Cl. The zero-order valence-corrected chi connectivity index (χ0v) is 11.7. The molecule has 0 unspecified atom stereocenters. The minimum absolute atomic E-state index is 0. The minimum atomic E-state index is 0. The molecule has 0 saturated carbocycles. The molecule has 6 heteroatoms. The van der Waals surface area contributed by atoms with Crippen molar-refractivity contribution in [3.8, 4) is 0 Å². The normalized spacial score (nSPS) is 10.5. The molecule has 1 N–H and O–H groups in total. The molecular formula is C10H20ClN3OS. The summed E-state index contributed by atoms with van der Waals surface area (Å²) in [4.78, 5) is 6.73. The number of methoxy groups -OCH3 is 1. The zero-order valence-electron chi connectivity index (χ0n) is 10.0. The molecule has 1 aromatic heterocycles. The van der Waals surface area contributed by atoms with Gasteiger partial charge in [0, 0.05) is 32.1 Å². The predicted octanol–water partition coefficient (Wildman–Crippen LogP) is 1.36. The lowest BCUT2D eigenvalue weighted by Crippen LogP contribution is -2.27. The van der Waals surface area contributed by atoms with Crippen molar-refractivity contribution in [1.29, 1.82) is 0 Å². The van der Waals surface area contributed by atoms with Gasteiger partial charge in [0.2, 0.25) is 0 Å². The number of nitrogens with zero attached hydrogens (tertiary/aromatic N) is 2. The third-order valence-electron chi connectivity index (χ3n) is 2.04. The number of aromatic nitrogens is 1. The average molecular weight is 266 g/mol. The summed E-state index contributed by atoms with van der Waals surface area (Å²) in [6.07, 6.45) is 0. The molecule has 1 rings (SSSR count). The van der Waals surface area contributed by atoms with Gasteiger partial charge in [0.1, 0.15) is 5.01 Å². The molecule has 0 bridgehead atoms. The highest BCUT2D eigenvalue weighted by Crippen LogP contribution is 2.11. The quantitative estimate of drug-likeness (QED) is 0.808. The van der Waals surface area contributed by atoms with Crippen molar-refractivity contribution in [3.05, 3.63) is 16.1 Å². The van der Waals surface area contributed by atoms with Gasteiger partial charge in [-0.2, -0.15) is 0 Å². The number of hydrogen-bond acceptors (Lipinski definition) is 5. The fourth-order valence-corrected chi connectivity index (χ4v) is 2.02.